The largest absolute Gasteiger partial charge is 0.494 e. The van der Waals surface area contributed by atoms with E-state index in [9.17, 15) is 18.0 Å². The van der Waals surface area contributed by atoms with E-state index in [4.69, 9.17) is 4.74 Å². The molecule has 0 radical (unpaired) electrons. The van der Waals surface area contributed by atoms with Crippen LogP contribution in [0.4, 0.5) is 5.69 Å². The monoisotopic (exact) mass is 517 g/mol. The van der Waals surface area contributed by atoms with Crippen LogP contribution < -0.4 is 14.4 Å². The Balaban J connectivity index is 2.40. The summed E-state index contributed by atoms with van der Waals surface area (Å²) in [6, 6.07) is 13.5. The van der Waals surface area contributed by atoms with Crippen molar-refractivity contribution in [1.82, 2.24) is 10.2 Å². The summed E-state index contributed by atoms with van der Waals surface area (Å²) >= 11 is 0. The zero-order valence-corrected chi connectivity index (χ0v) is 23.0. The first-order chi connectivity index (χ1) is 17.0. The van der Waals surface area contributed by atoms with Crippen LogP contribution in [0, 0.1) is 12.8 Å². The fraction of sp³-hybridized carbons (Fsp3) is 0.481. The van der Waals surface area contributed by atoms with Crippen LogP contribution in [0.3, 0.4) is 0 Å². The number of aryl methyl sites for hydroxylation is 1. The standard InChI is InChI=1S/C27H39N3O5S/c1-7-25(27(32)28-17-20(3)4)29(18-22-11-9-10-21(5)16-22)26(31)19-30(36(6,33)34)23-12-14-24(15-13-23)35-8-2/h9-16,20,25H,7-8,17-19H2,1-6H3,(H,28,32)/t25-/m1/s1. The number of rotatable bonds is 13. The highest BCUT2D eigenvalue weighted by Crippen LogP contribution is 2.23. The number of nitrogens with one attached hydrogen (secondary N) is 1. The summed E-state index contributed by atoms with van der Waals surface area (Å²) in [6.07, 6.45) is 1.46. The number of nitrogens with zero attached hydrogens (tertiary/aromatic N) is 2. The Morgan fingerprint density at radius 3 is 2.25 bits per heavy atom. The molecular formula is C27H39N3O5S. The molecule has 198 valence electrons. The second-order valence-corrected chi connectivity index (χ2v) is 11.2. The molecule has 36 heavy (non-hydrogen) atoms. The molecule has 0 aliphatic carbocycles. The number of ether oxygens (including phenoxy) is 1. The molecule has 9 heteroatoms. The molecule has 0 saturated heterocycles. The van der Waals surface area contributed by atoms with E-state index in [1.54, 1.807) is 24.3 Å². The fourth-order valence-corrected chi connectivity index (χ4v) is 4.69. The molecule has 2 aromatic rings. The lowest BCUT2D eigenvalue weighted by molar-refractivity contribution is -0.140. The number of anilines is 1. The topological polar surface area (TPSA) is 96.0 Å². The Morgan fingerprint density at radius 1 is 1.06 bits per heavy atom. The maximum atomic E-state index is 13.7. The zero-order valence-electron chi connectivity index (χ0n) is 22.2. The molecule has 0 aromatic heterocycles. The van der Waals surface area contributed by atoms with Crippen molar-refractivity contribution in [3.63, 3.8) is 0 Å². The molecular weight excluding hydrogens is 478 g/mol. The second kappa shape index (κ2) is 13.3. The van der Waals surface area contributed by atoms with Crippen LogP contribution in [0.1, 0.15) is 45.2 Å². The highest BCUT2D eigenvalue weighted by Gasteiger charge is 2.31. The van der Waals surface area contributed by atoms with E-state index >= 15 is 0 Å². The van der Waals surface area contributed by atoms with Gasteiger partial charge in [0.1, 0.15) is 18.3 Å². The third kappa shape index (κ3) is 8.55. The summed E-state index contributed by atoms with van der Waals surface area (Å²) in [5.74, 6) is 0.157. The molecule has 0 spiro atoms. The minimum absolute atomic E-state index is 0.189. The number of hydrogen-bond donors (Lipinski definition) is 1. The van der Waals surface area contributed by atoms with Crippen molar-refractivity contribution in [1.29, 1.82) is 0 Å². The predicted octanol–water partition coefficient (Wildman–Crippen LogP) is 3.74. The SMILES string of the molecule is CCOc1ccc(N(CC(=O)N(Cc2cccc(C)c2)[C@H](CC)C(=O)NCC(C)C)S(C)(=O)=O)cc1. The van der Waals surface area contributed by atoms with Crippen LogP contribution in [0.5, 0.6) is 5.75 Å². The van der Waals surface area contributed by atoms with Gasteiger partial charge in [0.15, 0.2) is 0 Å². The van der Waals surface area contributed by atoms with Gasteiger partial charge in [0.25, 0.3) is 0 Å². The summed E-state index contributed by atoms with van der Waals surface area (Å²) in [7, 11) is -3.78. The smallest absolute Gasteiger partial charge is 0.244 e. The lowest BCUT2D eigenvalue weighted by Crippen LogP contribution is -2.52. The van der Waals surface area contributed by atoms with Gasteiger partial charge in [-0.15, -0.1) is 0 Å². The van der Waals surface area contributed by atoms with Crippen LogP contribution in [-0.4, -0.2) is 57.1 Å². The highest BCUT2D eigenvalue weighted by atomic mass is 32.2. The number of carbonyl (C=O) groups is 2. The molecule has 8 nitrogen and oxygen atoms in total. The van der Waals surface area contributed by atoms with Crippen molar-refractivity contribution in [3.8, 4) is 5.75 Å². The Labute approximate surface area is 215 Å². The van der Waals surface area contributed by atoms with Gasteiger partial charge < -0.3 is 15.0 Å². The van der Waals surface area contributed by atoms with Crippen molar-refractivity contribution in [2.45, 2.75) is 53.6 Å². The van der Waals surface area contributed by atoms with Gasteiger partial charge in [-0.1, -0.05) is 50.6 Å². The maximum absolute atomic E-state index is 13.7. The zero-order chi connectivity index (χ0) is 26.9. The maximum Gasteiger partial charge on any atom is 0.244 e. The van der Waals surface area contributed by atoms with Gasteiger partial charge in [-0.05, 0) is 56.0 Å². The minimum atomic E-state index is -3.78. The molecule has 1 atom stereocenters. The Bertz CT molecular complexity index is 1120. The third-order valence-electron chi connectivity index (χ3n) is 5.62. The Kier molecular flexibility index (Phi) is 10.8. The molecule has 0 fully saturated rings. The van der Waals surface area contributed by atoms with E-state index in [0.717, 1.165) is 21.7 Å². The summed E-state index contributed by atoms with van der Waals surface area (Å²) in [5.41, 5.74) is 2.25. The molecule has 1 N–H and O–H groups in total. The Morgan fingerprint density at radius 2 is 1.72 bits per heavy atom. The van der Waals surface area contributed by atoms with Crippen molar-refractivity contribution < 1.29 is 22.7 Å². The van der Waals surface area contributed by atoms with Gasteiger partial charge in [-0.2, -0.15) is 0 Å². The van der Waals surface area contributed by atoms with Gasteiger partial charge in [0.05, 0.1) is 18.6 Å². The highest BCUT2D eigenvalue weighted by molar-refractivity contribution is 7.92. The number of sulfonamides is 1. The van der Waals surface area contributed by atoms with E-state index in [0.29, 0.717) is 31.0 Å². The Hall–Kier alpha value is -3.07. The first kappa shape index (κ1) is 29.2. The van der Waals surface area contributed by atoms with Gasteiger partial charge in [0.2, 0.25) is 21.8 Å². The molecule has 2 amide bonds. The number of hydrogen-bond acceptors (Lipinski definition) is 5. The van der Waals surface area contributed by atoms with Crippen LogP contribution in [0.2, 0.25) is 0 Å². The number of amides is 2. The summed E-state index contributed by atoms with van der Waals surface area (Å²) in [5, 5.41) is 2.92. The average Bonchev–Trinajstić information content (AvgIpc) is 2.81. The molecule has 0 aliphatic rings. The molecule has 0 saturated carbocycles. The summed E-state index contributed by atoms with van der Waals surface area (Å²) < 4.78 is 31.9. The van der Waals surface area contributed by atoms with E-state index < -0.39 is 28.5 Å². The second-order valence-electron chi connectivity index (χ2n) is 9.27. The van der Waals surface area contributed by atoms with Gasteiger partial charge in [-0.3, -0.25) is 13.9 Å². The van der Waals surface area contributed by atoms with Gasteiger partial charge in [-0.25, -0.2) is 8.42 Å². The van der Waals surface area contributed by atoms with Crippen molar-refractivity contribution in [2.75, 3.05) is 30.3 Å². The molecule has 0 heterocycles. The van der Waals surface area contributed by atoms with Gasteiger partial charge >= 0.3 is 0 Å². The molecule has 2 aromatic carbocycles. The van der Waals surface area contributed by atoms with Crippen molar-refractivity contribution in [3.05, 3.63) is 59.7 Å². The van der Waals surface area contributed by atoms with Gasteiger partial charge in [0, 0.05) is 13.1 Å². The molecule has 0 bridgehead atoms. The van der Waals surface area contributed by atoms with E-state index in [-0.39, 0.29) is 18.4 Å². The third-order valence-corrected chi connectivity index (χ3v) is 6.76. The van der Waals surface area contributed by atoms with E-state index in [1.165, 1.54) is 4.90 Å². The number of carbonyl (C=O) groups excluding carboxylic acids is 2. The van der Waals surface area contributed by atoms with Crippen molar-refractivity contribution in [2.24, 2.45) is 5.92 Å². The lowest BCUT2D eigenvalue weighted by atomic mass is 10.1. The average molecular weight is 518 g/mol. The van der Waals surface area contributed by atoms with E-state index in [1.807, 2.05) is 58.9 Å². The minimum Gasteiger partial charge on any atom is -0.494 e. The summed E-state index contributed by atoms with van der Waals surface area (Å²) in [6.45, 7) is 10.4. The summed E-state index contributed by atoms with van der Waals surface area (Å²) in [4.78, 5) is 28.3. The fourth-order valence-electron chi connectivity index (χ4n) is 3.84. The van der Waals surface area contributed by atoms with E-state index in [2.05, 4.69) is 5.32 Å². The van der Waals surface area contributed by atoms with Crippen LogP contribution in [0.25, 0.3) is 0 Å². The number of benzene rings is 2. The van der Waals surface area contributed by atoms with Crippen molar-refractivity contribution >= 4 is 27.5 Å². The molecule has 0 aliphatic heterocycles. The normalized spacial score (nSPS) is 12.2. The van der Waals surface area contributed by atoms with Crippen LogP contribution >= 0.6 is 0 Å². The first-order valence-corrected chi connectivity index (χ1v) is 14.1. The molecule has 2 rings (SSSR count). The predicted molar refractivity (Wildman–Crippen MR) is 143 cm³/mol. The first-order valence-electron chi connectivity index (χ1n) is 12.3. The quantitative estimate of drug-likeness (QED) is 0.437. The van der Waals surface area contributed by atoms with Crippen LogP contribution in [0.15, 0.2) is 48.5 Å². The van der Waals surface area contributed by atoms with Crippen LogP contribution in [-0.2, 0) is 26.2 Å². The lowest BCUT2D eigenvalue weighted by Gasteiger charge is -2.33. The molecule has 0 unspecified atom stereocenters.